The van der Waals surface area contributed by atoms with Crippen molar-refractivity contribution in [3.05, 3.63) is 72.9 Å². The van der Waals surface area contributed by atoms with Crippen LogP contribution in [0, 0.1) is 0 Å². The fraction of sp³-hybridized carbons (Fsp3) is 0.727. The van der Waals surface area contributed by atoms with Crippen LogP contribution in [0.4, 0.5) is 0 Å². The average molecular weight is 851 g/mol. The Labute approximate surface area is 376 Å². The fourth-order valence-corrected chi connectivity index (χ4v) is 6.81. The smallest absolute Gasteiger partial charge is 0.306 e. The second-order valence-electron chi connectivity index (χ2n) is 16.7. The third kappa shape index (κ3) is 47.7. The standard InChI is InChI=1S/C55H94O6/c1-4-7-10-13-16-19-22-24-26-27-29-30-33-36-39-42-45-48-54(57)60-51-52(50-59-53(56)47-44-41-38-35-32-21-18-15-12-9-6-3)61-55(58)49-46-43-40-37-34-31-28-25-23-20-17-14-11-8-5-2/h16-17,19-20,24-26,28-30,34,37,52H,4-15,18,21-23,27,31-33,35-36,38-51H2,1-3H3/b19-16-,20-17-,26-24-,28-25-,30-29-,37-34-/t52-/m1/s1. The summed E-state index contributed by atoms with van der Waals surface area (Å²) in [5.41, 5.74) is 0. The van der Waals surface area contributed by atoms with Crippen molar-refractivity contribution in [3.63, 3.8) is 0 Å². The minimum atomic E-state index is -0.802. The van der Waals surface area contributed by atoms with Crippen molar-refractivity contribution >= 4 is 17.9 Å². The maximum atomic E-state index is 12.8. The lowest BCUT2D eigenvalue weighted by Crippen LogP contribution is -2.30. The number of hydrogen-bond donors (Lipinski definition) is 0. The van der Waals surface area contributed by atoms with Crippen molar-refractivity contribution in [3.8, 4) is 0 Å². The summed E-state index contributed by atoms with van der Waals surface area (Å²) in [4.78, 5) is 37.9. The zero-order valence-corrected chi connectivity index (χ0v) is 39.9. The van der Waals surface area contributed by atoms with Crippen molar-refractivity contribution in [1.82, 2.24) is 0 Å². The summed E-state index contributed by atoms with van der Waals surface area (Å²) in [7, 11) is 0. The normalized spacial score (nSPS) is 12.6. The summed E-state index contributed by atoms with van der Waals surface area (Å²) in [5, 5.41) is 0. The van der Waals surface area contributed by atoms with Crippen molar-refractivity contribution in [2.75, 3.05) is 13.2 Å². The first kappa shape index (κ1) is 57.9. The van der Waals surface area contributed by atoms with Gasteiger partial charge in [0.25, 0.3) is 0 Å². The highest BCUT2D eigenvalue weighted by atomic mass is 16.6. The predicted octanol–water partition coefficient (Wildman–Crippen LogP) is 16.6. The quantitative estimate of drug-likeness (QED) is 0.0263. The maximum absolute atomic E-state index is 12.8. The molecule has 0 unspecified atom stereocenters. The molecule has 350 valence electrons. The van der Waals surface area contributed by atoms with Gasteiger partial charge in [-0.25, -0.2) is 0 Å². The maximum Gasteiger partial charge on any atom is 0.306 e. The van der Waals surface area contributed by atoms with Gasteiger partial charge in [-0.3, -0.25) is 14.4 Å². The number of allylic oxidation sites excluding steroid dienone is 12. The van der Waals surface area contributed by atoms with Crippen molar-refractivity contribution in [1.29, 1.82) is 0 Å². The first-order valence-electron chi connectivity index (χ1n) is 25.4. The molecule has 0 aliphatic heterocycles. The van der Waals surface area contributed by atoms with Crippen LogP contribution in [0.3, 0.4) is 0 Å². The van der Waals surface area contributed by atoms with Gasteiger partial charge in [-0.1, -0.05) is 196 Å². The van der Waals surface area contributed by atoms with Crippen LogP contribution in [0.5, 0.6) is 0 Å². The Bertz CT molecular complexity index is 1160. The molecular weight excluding hydrogens is 757 g/mol. The Hall–Kier alpha value is -3.15. The summed E-state index contributed by atoms with van der Waals surface area (Å²) < 4.78 is 16.7. The topological polar surface area (TPSA) is 78.9 Å². The van der Waals surface area contributed by atoms with Crippen LogP contribution in [0.25, 0.3) is 0 Å². The van der Waals surface area contributed by atoms with E-state index in [0.717, 1.165) is 89.9 Å². The van der Waals surface area contributed by atoms with E-state index < -0.39 is 6.10 Å². The molecule has 0 fully saturated rings. The minimum Gasteiger partial charge on any atom is -0.462 e. The zero-order chi connectivity index (χ0) is 44.4. The number of hydrogen-bond acceptors (Lipinski definition) is 6. The highest BCUT2D eigenvalue weighted by Crippen LogP contribution is 2.14. The van der Waals surface area contributed by atoms with Crippen LogP contribution in [-0.2, 0) is 28.6 Å². The molecule has 61 heavy (non-hydrogen) atoms. The molecular formula is C55H94O6. The molecule has 1 atom stereocenters. The van der Waals surface area contributed by atoms with Gasteiger partial charge < -0.3 is 14.2 Å². The highest BCUT2D eigenvalue weighted by Gasteiger charge is 2.19. The van der Waals surface area contributed by atoms with E-state index in [9.17, 15) is 14.4 Å². The van der Waals surface area contributed by atoms with Crippen molar-refractivity contribution in [2.45, 2.75) is 245 Å². The van der Waals surface area contributed by atoms with Crippen LogP contribution < -0.4 is 0 Å². The highest BCUT2D eigenvalue weighted by molar-refractivity contribution is 5.71. The molecule has 0 aromatic carbocycles. The lowest BCUT2D eigenvalue weighted by molar-refractivity contribution is -0.167. The molecule has 6 nitrogen and oxygen atoms in total. The molecule has 0 aliphatic rings. The fourth-order valence-electron chi connectivity index (χ4n) is 6.81. The SMILES string of the molecule is CCCCC/C=C\C/C=C\C/C=C\CCCCCCC(=O)OC[C@@H](COC(=O)CCCCCCCCCCCCC)OC(=O)CCCC/C=C\C/C=C\C/C=C\CCCCC. The average Bonchev–Trinajstić information content (AvgIpc) is 3.26. The predicted molar refractivity (Wildman–Crippen MR) is 261 cm³/mol. The first-order valence-corrected chi connectivity index (χ1v) is 25.4. The summed E-state index contributed by atoms with van der Waals surface area (Å²) >= 11 is 0. The van der Waals surface area contributed by atoms with Crippen molar-refractivity contribution < 1.29 is 28.6 Å². The van der Waals surface area contributed by atoms with Gasteiger partial charge in [-0.2, -0.15) is 0 Å². The van der Waals surface area contributed by atoms with Gasteiger partial charge in [-0.05, 0) is 96.3 Å². The zero-order valence-electron chi connectivity index (χ0n) is 39.9. The van der Waals surface area contributed by atoms with Gasteiger partial charge in [0.05, 0.1) is 0 Å². The molecule has 0 amide bonds. The molecule has 0 rings (SSSR count). The Kier molecular flexibility index (Phi) is 46.9. The van der Waals surface area contributed by atoms with E-state index in [1.807, 2.05) is 0 Å². The monoisotopic (exact) mass is 851 g/mol. The molecule has 0 radical (unpaired) electrons. The van der Waals surface area contributed by atoms with Crippen LogP contribution in [0.2, 0.25) is 0 Å². The van der Waals surface area contributed by atoms with E-state index >= 15 is 0 Å². The lowest BCUT2D eigenvalue weighted by atomic mass is 10.1. The molecule has 0 aromatic heterocycles. The van der Waals surface area contributed by atoms with Gasteiger partial charge in [0.2, 0.25) is 0 Å². The Balaban J connectivity index is 4.47. The van der Waals surface area contributed by atoms with Crippen LogP contribution in [-0.4, -0.2) is 37.2 Å². The number of carbonyl (C=O) groups is 3. The molecule has 0 spiro atoms. The third-order valence-electron chi connectivity index (χ3n) is 10.7. The van der Waals surface area contributed by atoms with Crippen molar-refractivity contribution in [2.24, 2.45) is 0 Å². The molecule has 0 bridgehead atoms. The number of ether oxygens (including phenoxy) is 3. The van der Waals surface area contributed by atoms with E-state index in [1.165, 1.54) is 103 Å². The van der Waals surface area contributed by atoms with E-state index in [4.69, 9.17) is 14.2 Å². The molecule has 0 aliphatic carbocycles. The summed E-state index contributed by atoms with van der Waals surface area (Å²) in [6, 6.07) is 0. The van der Waals surface area contributed by atoms with E-state index in [1.54, 1.807) is 0 Å². The van der Waals surface area contributed by atoms with Gasteiger partial charge in [0.15, 0.2) is 6.10 Å². The van der Waals surface area contributed by atoms with Crippen LogP contribution >= 0.6 is 0 Å². The molecule has 0 aromatic rings. The first-order chi connectivity index (χ1) is 30.0. The molecule has 0 heterocycles. The summed E-state index contributed by atoms with van der Waals surface area (Å²) in [5.74, 6) is -0.958. The molecule has 6 heteroatoms. The Morgan fingerprint density at radius 3 is 0.984 bits per heavy atom. The van der Waals surface area contributed by atoms with Crippen LogP contribution in [0.15, 0.2) is 72.9 Å². The second-order valence-corrected chi connectivity index (χ2v) is 16.7. The summed E-state index contributed by atoms with van der Waals surface area (Å²) in [6.07, 6.45) is 61.7. The largest absolute Gasteiger partial charge is 0.462 e. The van der Waals surface area contributed by atoms with E-state index in [0.29, 0.717) is 19.3 Å². The second kappa shape index (κ2) is 49.5. The van der Waals surface area contributed by atoms with Gasteiger partial charge >= 0.3 is 17.9 Å². The lowest BCUT2D eigenvalue weighted by Gasteiger charge is -2.18. The number of rotatable bonds is 45. The summed E-state index contributed by atoms with van der Waals surface area (Å²) in [6.45, 7) is 6.52. The van der Waals surface area contributed by atoms with Gasteiger partial charge in [-0.15, -0.1) is 0 Å². The van der Waals surface area contributed by atoms with Crippen LogP contribution in [0.1, 0.15) is 239 Å². The number of esters is 3. The third-order valence-corrected chi connectivity index (χ3v) is 10.7. The number of unbranched alkanes of at least 4 members (excludes halogenated alkanes) is 22. The molecule has 0 N–H and O–H groups in total. The minimum absolute atomic E-state index is 0.0970. The Morgan fingerprint density at radius 2 is 0.590 bits per heavy atom. The van der Waals surface area contributed by atoms with Gasteiger partial charge in [0, 0.05) is 19.3 Å². The number of carbonyl (C=O) groups excluding carboxylic acids is 3. The Morgan fingerprint density at radius 1 is 0.328 bits per heavy atom. The molecule has 0 saturated heterocycles. The van der Waals surface area contributed by atoms with E-state index in [2.05, 4.69) is 93.7 Å². The van der Waals surface area contributed by atoms with Gasteiger partial charge in [0.1, 0.15) is 13.2 Å². The molecule has 0 saturated carbocycles. The van der Waals surface area contributed by atoms with E-state index in [-0.39, 0.29) is 37.5 Å².